The number of aromatic hydroxyl groups is 1. The molecule has 8 nitrogen and oxygen atoms in total. The van der Waals surface area contributed by atoms with Crippen LogP contribution >= 0.6 is 11.6 Å². The lowest BCUT2D eigenvalue weighted by molar-refractivity contribution is 0.387. The zero-order valence-corrected chi connectivity index (χ0v) is 16.5. The van der Waals surface area contributed by atoms with Crippen molar-refractivity contribution in [2.24, 2.45) is 0 Å². The molecule has 3 heterocycles. The van der Waals surface area contributed by atoms with E-state index in [0.717, 1.165) is 11.2 Å². The van der Waals surface area contributed by atoms with E-state index >= 15 is 0 Å². The molecule has 1 N–H and O–H groups in total. The van der Waals surface area contributed by atoms with Crippen molar-refractivity contribution < 1.29 is 17.9 Å². The molecule has 0 atom stereocenters. The van der Waals surface area contributed by atoms with E-state index in [1.807, 2.05) is 11.0 Å². The van der Waals surface area contributed by atoms with E-state index in [1.54, 1.807) is 12.4 Å². The summed E-state index contributed by atoms with van der Waals surface area (Å²) in [5.74, 6) is -0.705. The molecule has 1 aliphatic heterocycles. The Bertz CT molecular complexity index is 1140. The fraction of sp³-hybridized carbons (Fsp3) is 0.294. The van der Waals surface area contributed by atoms with Crippen molar-refractivity contribution in [2.75, 3.05) is 37.3 Å². The maximum Gasteiger partial charge on any atom is 0.211 e. The number of fused-ring (bicyclic) bond motifs is 1. The Kier molecular flexibility index (Phi) is 4.64. The molecule has 1 aliphatic rings. The van der Waals surface area contributed by atoms with Gasteiger partial charge in [0.05, 0.1) is 23.2 Å². The van der Waals surface area contributed by atoms with Gasteiger partial charge >= 0.3 is 0 Å². The van der Waals surface area contributed by atoms with Gasteiger partial charge in [0.25, 0.3) is 0 Å². The van der Waals surface area contributed by atoms with E-state index in [2.05, 4.69) is 10.1 Å². The number of anilines is 1. The summed E-state index contributed by atoms with van der Waals surface area (Å²) in [4.78, 5) is 6.43. The van der Waals surface area contributed by atoms with Gasteiger partial charge in [-0.15, -0.1) is 0 Å². The highest BCUT2D eigenvalue weighted by Gasteiger charge is 2.24. The molecular formula is C17H17ClFN5O3S. The van der Waals surface area contributed by atoms with Gasteiger partial charge in [-0.25, -0.2) is 22.5 Å². The molecule has 0 radical (unpaired) electrons. The van der Waals surface area contributed by atoms with Crippen LogP contribution in [0.4, 0.5) is 10.2 Å². The molecule has 0 saturated carbocycles. The SMILES string of the molecule is CS(=O)(=O)N1CCN(c2cc3cn(-c4cc(O)c(F)c(Cl)c4)nc3cn2)CC1. The van der Waals surface area contributed by atoms with Crippen molar-refractivity contribution in [2.45, 2.75) is 0 Å². The van der Waals surface area contributed by atoms with Crippen LogP contribution in [0.3, 0.4) is 0 Å². The third kappa shape index (κ3) is 3.50. The molecule has 1 saturated heterocycles. The highest BCUT2D eigenvalue weighted by molar-refractivity contribution is 7.88. The smallest absolute Gasteiger partial charge is 0.211 e. The monoisotopic (exact) mass is 425 g/mol. The van der Waals surface area contributed by atoms with Crippen LogP contribution in [-0.4, -0.2) is 65.0 Å². The average Bonchev–Trinajstić information content (AvgIpc) is 3.08. The predicted octanol–water partition coefficient (Wildman–Crippen LogP) is 2.00. The fourth-order valence-corrected chi connectivity index (χ4v) is 4.20. The molecule has 148 valence electrons. The summed E-state index contributed by atoms with van der Waals surface area (Å²) in [6.45, 7) is 1.90. The number of piperazine rings is 1. The molecule has 3 aromatic rings. The number of benzene rings is 1. The van der Waals surface area contributed by atoms with E-state index in [1.165, 1.54) is 27.4 Å². The van der Waals surface area contributed by atoms with E-state index in [9.17, 15) is 17.9 Å². The first-order chi connectivity index (χ1) is 13.2. The molecule has 1 fully saturated rings. The van der Waals surface area contributed by atoms with Crippen molar-refractivity contribution in [3.63, 3.8) is 0 Å². The number of hydrogen-bond acceptors (Lipinski definition) is 6. The molecule has 0 spiro atoms. The molecule has 28 heavy (non-hydrogen) atoms. The highest BCUT2D eigenvalue weighted by atomic mass is 35.5. The normalized spacial score (nSPS) is 16.0. The number of phenolic OH excluding ortho intramolecular Hbond substituents is 1. The van der Waals surface area contributed by atoms with E-state index in [0.29, 0.717) is 37.4 Å². The van der Waals surface area contributed by atoms with Gasteiger partial charge in [-0.2, -0.15) is 9.40 Å². The van der Waals surface area contributed by atoms with Crippen LogP contribution in [0.25, 0.3) is 16.6 Å². The maximum absolute atomic E-state index is 13.5. The van der Waals surface area contributed by atoms with Crippen LogP contribution < -0.4 is 4.90 Å². The first-order valence-corrected chi connectivity index (χ1v) is 10.7. The van der Waals surface area contributed by atoms with Gasteiger partial charge in [-0.05, 0) is 12.1 Å². The zero-order chi connectivity index (χ0) is 20.1. The molecular weight excluding hydrogens is 409 g/mol. The van der Waals surface area contributed by atoms with Crippen molar-refractivity contribution >= 4 is 38.3 Å². The molecule has 1 aromatic carbocycles. The van der Waals surface area contributed by atoms with Gasteiger partial charge in [0.1, 0.15) is 11.3 Å². The third-order valence-electron chi connectivity index (χ3n) is 4.67. The zero-order valence-electron chi connectivity index (χ0n) is 14.9. The first kappa shape index (κ1) is 18.9. The quantitative estimate of drug-likeness (QED) is 0.690. The lowest BCUT2D eigenvalue weighted by Crippen LogP contribution is -2.48. The number of nitrogens with zero attached hydrogens (tertiary/aromatic N) is 5. The lowest BCUT2D eigenvalue weighted by atomic mass is 10.2. The minimum absolute atomic E-state index is 0.197. The second-order valence-corrected chi connectivity index (χ2v) is 8.97. The Labute approximate surface area is 165 Å². The fourth-order valence-electron chi connectivity index (χ4n) is 3.16. The van der Waals surface area contributed by atoms with Crippen LogP contribution in [0.15, 0.2) is 30.6 Å². The van der Waals surface area contributed by atoms with Gasteiger partial charge in [0.2, 0.25) is 10.0 Å². The number of rotatable bonds is 3. The number of pyridine rings is 1. The molecule has 0 unspecified atom stereocenters. The van der Waals surface area contributed by atoms with Crippen LogP contribution in [0.5, 0.6) is 5.75 Å². The maximum atomic E-state index is 13.5. The van der Waals surface area contributed by atoms with Crippen LogP contribution in [0.1, 0.15) is 0 Å². The molecule has 11 heteroatoms. The number of halogens is 2. The van der Waals surface area contributed by atoms with Gasteiger partial charge < -0.3 is 10.0 Å². The minimum Gasteiger partial charge on any atom is -0.505 e. The summed E-state index contributed by atoms with van der Waals surface area (Å²) in [5.41, 5.74) is 1.04. The summed E-state index contributed by atoms with van der Waals surface area (Å²) in [6.07, 6.45) is 4.56. The van der Waals surface area contributed by atoms with Gasteiger partial charge in [0, 0.05) is 43.8 Å². The van der Waals surface area contributed by atoms with Crippen molar-refractivity contribution in [1.29, 1.82) is 0 Å². The summed E-state index contributed by atoms with van der Waals surface area (Å²) in [5, 5.41) is 14.6. The Morgan fingerprint density at radius 2 is 1.89 bits per heavy atom. The van der Waals surface area contributed by atoms with Crippen molar-refractivity contribution in [3.05, 3.63) is 41.4 Å². The Hall–Kier alpha value is -2.43. The number of aromatic nitrogens is 3. The Morgan fingerprint density at radius 3 is 2.54 bits per heavy atom. The molecule has 0 aliphatic carbocycles. The summed E-state index contributed by atoms with van der Waals surface area (Å²) >= 11 is 5.80. The van der Waals surface area contributed by atoms with E-state index in [-0.39, 0.29) is 5.02 Å². The van der Waals surface area contributed by atoms with Gasteiger partial charge in [-0.3, -0.25) is 0 Å². The van der Waals surface area contributed by atoms with Crippen LogP contribution in [-0.2, 0) is 10.0 Å². The highest BCUT2D eigenvalue weighted by Crippen LogP contribution is 2.28. The second-order valence-electron chi connectivity index (χ2n) is 6.58. The van der Waals surface area contributed by atoms with Crippen LogP contribution in [0.2, 0.25) is 5.02 Å². The first-order valence-electron chi connectivity index (χ1n) is 8.46. The van der Waals surface area contributed by atoms with E-state index < -0.39 is 21.6 Å². The Balaban J connectivity index is 1.61. The number of phenols is 1. The molecule has 2 aromatic heterocycles. The summed E-state index contributed by atoms with van der Waals surface area (Å²) in [6, 6.07) is 4.48. The average molecular weight is 426 g/mol. The van der Waals surface area contributed by atoms with Gasteiger partial charge in [-0.1, -0.05) is 11.6 Å². The van der Waals surface area contributed by atoms with Crippen molar-refractivity contribution in [3.8, 4) is 11.4 Å². The summed E-state index contributed by atoms with van der Waals surface area (Å²) in [7, 11) is -3.19. The standard InChI is InChI=1S/C17H17ClFN5O3S/c1-28(26,27)23-4-2-22(3-5-23)16-6-11-10-24(21-14(11)9-20-16)12-7-13(18)17(19)15(25)8-12/h6-10,25H,2-5H2,1H3. The predicted molar refractivity (Wildman–Crippen MR) is 104 cm³/mol. The molecule has 0 bridgehead atoms. The van der Waals surface area contributed by atoms with Crippen LogP contribution in [0, 0.1) is 5.82 Å². The Morgan fingerprint density at radius 1 is 1.18 bits per heavy atom. The topological polar surface area (TPSA) is 91.6 Å². The summed E-state index contributed by atoms with van der Waals surface area (Å²) < 4.78 is 39.7. The lowest BCUT2D eigenvalue weighted by Gasteiger charge is -2.33. The third-order valence-corrected chi connectivity index (χ3v) is 6.24. The second kappa shape index (κ2) is 6.87. The van der Waals surface area contributed by atoms with Gasteiger partial charge in [0.15, 0.2) is 11.6 Å². The van der Waals surface area contributed by atoms with E-state index in [4.69, 9.17) is 11.6 Å². The van der Waals surface area contributed by atoms with Crippen molar-refractivity contribution in [1.82, 2.24) is 19.1 Å². The molecule has 4 rings (SSSR count). The number of sulfonamides is 1. The largest absolute Gasteiger partial charge is 0.505 e. The minimum atomic E-state index is -3.19. The number of hydrogen-bond donors (Lipinski definition) is 1. The molecule has 0 amide bonds.